The number of amides is 1. The fraction of sp³-hybridized carbons (Fsp3) is 0.235. The number of aliphatic hydroxyl groups excluding tert-OH is 1. The van der Waals surface area contributed by atoms with E-state index in [-0.39, 0.29) is 5.82 Å². The lowest BCUT2D eigenvalue weighted by molar-refractivity contribution is -0.117. The Bertz CT molecular complexity index is 469. The predicted octanol–water partition coefficient (Wildman–Crippen LogP) is 2.95. The largest absolute Gasteiger partial charge is 0.400 e. The zero-order chi connectivity index (χ0) is 16.1. The van der Waals surface area contributed by atoms with Gasteiger partial charge in [-0.25, -0.2) is 4.39 Å². The van der Waals surface area contributed by atoms with Gasteiger partial charge in [0.1, 0.15) is 5.82 Å². The van der Waals surface area contributed by atoms with E-state index >= 15 is 0 Å². The Labute approximate surface area is 125 Å². The molecule has 0 saturated heterocycles. The lowest BCUT2D eigenvalue weighted by Crippen LogP contribution is -2.29. The molecule has 4 heteroatoms. The van der Waals surface area contributed by atoms with Crippen LogP contribution in [0.15, 0.2) is 66.8 Å². The Balaban J connectivity index is 0.000000377. The summed E-state index contributed by atoms with van der Waals surface area (Å²) in [4.78, 5) is 12.2. The van der Waals surface area contributed by atoms with Crippen LogP contribution < -0.4 is 0 Å². The first kappa shape index (κ1) is 18.8. The number of aliphatic hydroxyl groups is 1. The van der Waals surface area contributed by atoms with E-state index in [1.54, 1.807) is 29.2 Å². The third kappa shape index (κ3) is 7.22. The van der Waals surface area contributed by atoms with Crippen molar-refractivity contribution in [3.63, 3.8) is 0 Å². The monoisotopic (exact) mass is 291 g/mol. The molecule has 0 atom stereocenters. The van der Waals surface area contributed by atoms with Gasteiger partial charge in [-0.05, 0) is 29.7 Å². The second-order valence-electron chi connectivity index (χ2n) is 4.08. The number of nitrogens with zero attached hydrogens (tertiary/aromatic N) is 1. The van der Waals surface area contributed by atoms with Crippen LogP contribution in [0.3, 0.4) is 0 Å². The number of hydrogen-bond donors (Lipinski definition) is 1. The average Bonchev–Trinajstić information content (AvgIpc) is 2.57. The minimum Gasteiger partial charge on any atom is -0.400 e. The summed E-state index contributed by atoms with van der Waals surface area (Å²) in [6.45, 7) is 8.89. The van der Waals surface area contributed by atoms with Crippen LogP contribution in [0.4, 0.5) is 4.39 Å². The van der Waals surface area contributed by atoms with Crippen molar-refractivity contribution in [2.24, 2.45) is 0 Å². The lowest BCUT2D eigenvalue weighted by Gasteiger charge is -2.25. The van der Waals surface area contributed by atoms with Gasteiger partial charge in [0.25, 0.3) is 0 Å². The van der Waals surface area contributed by atoms with Gasteiger partial charge in [-0.3, -0.25) is 4.79 Å². The molecule has 114 valence electrons. The molecule has 0 saturated carbocycles. The van der Waals surface area contributed by atoms with Gasteiger partial charge in [-0.2, -0.15) is 0 Å². The van der Waals surface area contributed by atoms with Crippen molar-refractivity contribution in [1.82, 2.24) is 4.90 Å². The molecule has 0 spiro atoms. The Morgan fingerprint density at radius 3 is 2.10 bits per heavy atom. The van der Waals surface area contributed by atoms with E-state index in [4.69, 9.17) is 5.11 Å². The normalized spacial score (nSPS) is 13.2. The Morgan fingerprint density at radius 2 is 1.71 bits per heavy atom. The molecule has 1 aliphatic rings. The van der Waals surface area contributed by atoms with E-state index < -0.39 is 0 Å². The van der Waals surface area contributed by atoms with Crippen molar-refractivity contribution in [1.29, 1.82) is 0 Å². The van der Waals surface area contributed by atoms with E-state index in [0.29, 0.717) is 6.54 Å². The summed E-state index contributed by atoms with van der Waals surface area (Å²) in [7, 11) is 1.00. The number of allylic oxidation sites excluding steroid dienone is 1. The molecule has 1 heterocycles. The highest BCUT2D eigenvalue weighted by atomic mass is 19.1. The summed E-state index contributed by atoms with van der Waals surface area (Å²) in [6.07, 6.45) is 5.42. The van der Waals surface area contributed by atoms with Gasteiger partial charge < -0.3 is 10.0 Å². The summed E-state index contributed by atoms with van der Waals surface area (Å²) in [6, 6.07) is 7.94. The molecular formula is C17H22FNO2. The molecule has 2 rings (SSSR count). The van der Waals surface area contributed by atoms with E-state index in [1.165, 1.54) is 17.7 Å². The van der Waals surface area contributed by atoms with Gasteiger partial charge in [0, 0.05) is 20.2 Å². The number of halogens is 1. The maximum Gasteiger partial charge on any atom is 0.210 e. The van der Waals surface area contributed by atoms with Crippen LogP contribution in [0.1, 0.15) is 6.42 Å². The van der Waals surface area contributed by atoms with E-state index in [1.807, 2.05) is 6.08 Å². The summed E-state index contributed by atoms with van der Waals surface area (Å²) in [5.74, 6) is -0.178. The minimum atomic E-state index is -0.178. The molecule has 0 unspecified atom stereocenters. The first-order chi connectivity index (χ1) is 10.2. The van der Waals surface area contributed by atoms with E-state index in [2.05, 4.69) is 13.2 Å². The minimum absolute atomic E-state index is 0.178. The summed E-state index contributed by atoms with van der Waals surface area (Å²) >= 11 is 0. The number of carbonyl (C=O) groups excluding carboxylic acids is 1. The van der Waals surface area contributed by atoms with Gasteiger partial charge in [0.2, 0.25) is 6.41 Å². The molecule has 0 bridgehead atoms. The third-order valence-corrected chi connectivity index (χ3v) is 2.83. The second kappa shape index (κ2) is 11.6. The first-order valence-corrected chi connectivity index (χ1v) is 6.52. The van der Waals surface area contributed by atoms with E-state index in [0.717, 1.165) is 32.1 Å². The first-order valence-electron chi connectivity index (χ1n) is 6.52. The average molecular weight is 291 g/mol. The highest BCUT2D eigenvalue weighted by Gasteiger charge is 2.12. The van der Waals surface area contributed by atoms with Crippen LogP contribution in [0.25, 0.3) is 0 Å². The van der Waals surface area contributed by atoms with Gasteiger partial charge in [0.05, 0.1) is 0 Å². The summed E-state index contributed by atoms with van der Waals surface area (Å²) in [5, 5.41) is 7.00. The number of benzene rings is 1. The highest BCUT2D eigenvalue weighted by molar-refractivity contribution is 5.50. The van der Waals surface area contributed by atoms with Crippen LogP contribution in [-0.2, 0) is 4.79 Å². The molecule has 21 heavy (non-hydrogen) atoms. The van der Waals surface area contributed by atoms with Crippen LogP contribution in [-0.4, -0.2) is 36.6 Å². The third-order valence-electron chi connectivity index (χ3n) is 2.83. The molecule has 0 radical (unpaired) electrons. The molecule has 1 N–H and O–H groups in total. The molecule has 0 aromatic heterocycles. The number of hydrogen-bond acceptors (Lipinski definition) is 2. The molecule has 1 amide bonds. The molecular weight excluding hydrogens is 269 g/mol. The number of carbonyl (C=O) groups is 1. The lowest BCUT2D eigenvalue weighted by atomic mass is 10.0. The van der Waals surface area contributed by atoms with Crippen LogP contribution in [0.2, 0.25) is 0 Å². The molecule has 3 nitrogen and oxygen atoms in total. The molecule has 1 aromatic rings. The molecule has 1 aromatic carbocycles. The fourth-order valence-corrected chi connectivity index (χ4v) is 1.76. The Morgan fingerprint density at radius 1 is 1.14 bits per heavy atom. The van der Waals surface area contributed by atoms with Crippen molar-refractivity contribution in [3.05, 3.63) is 72.6 Å². The second-order valence-corrected chi connectivity index (χ2v) is 4.08. The Kier molecular flexibility index (Phi) is 10.4. The maximum absolute atomic E-state index is 11.9. The SMILES string of the molecule is C=CC1=C(C=C)CN(C=O)CC1.CO.Fc1ccccc1. The van der Waals surface area contributed by atoms with Crippen molar-refractivity contribution >= 4 is 6.41 Å². The van der Waals surface area contributed by atoms with Gasteiger partial charge in [-0.15, -0.1) is 0 Å². The van der Waals surface area contributed by atoms with Gasteiger partial charge in [0.15, 0.2) is 0 Å². The van der Waals surface area contributed by atoms with Crippen LogP contribution >= 0.6 is 0 Å². The molecule has 1 aliphatic heterocycles. The van der Waals surface area contributed by atoms with Gasteiger partial charge >= 0.3 is 0 Å². The zero-order valence-corrected chi connectivity index (χ0v) is 12.3. The number of rotatable bonds is 3. The molecule has 0 aliphatic carbocycles. The fourth-order valence-electron chi connectivity index (χ4n) is 1.76. The summed E-state index contributed by atoms with van der Waals surface area (Å²) < 4.78 is 11.9. The smallest absolute Gasteiger partial charge is 0.210 e. The topological polar surface area (TPSA) is 40.5 Å². The zero-order valence-electron chi connectivity index (χ0n) is 12.3. The predicted molar refractivity (Wildman–Crippen MR) is 84.2 cm³/mol. The quantitative estimate of drug-likeness (QED) is 0.870. The highest BCUT2D eigenvalue weighted by Crippen LogP contribution is 2.18. The van der Waals surface area contributed by atoms with Crippen molar-refractivity contribution in [2.45, 2.75) is 6.42 Å². The van der Waals surface area contributed by atoms with Crippen molar-refractivity contribution < 1.29 is 14.3 Å². The van der Waals surface area contributed by atoms with Crippen molar-refractivity contribution in [3.8, 4) is 0 Å². The molecule has 0 fully saturated rings. The van der Waals surface area contributed by atoms with E-state index in [9.17, 15) is 9.18 Å². The standard InChI is InChI=1S/C10H13NO.C6H5F.CH4O/c1-3-9-5-6-11(8-12)7-10(9)4-2;7-6-4-2-1-3-5-6;1-2/h3-4,8H,1-2,5-7H2;1-5H;2H,1H3. The Hall–Kier alpha value is -2.20. The van der Waals surface area contributed by atoms with Gasteiger partial charge in [-0.1, -0.05) is 43.5 Å². The van der Waals surface area contributed by atoms with Crippen molar-refractivity contribution in [2.75, 3.05) is 20.2 Å². The van der Waals surface area contributed by atoms with Crippen LogP contribution in [0.5, 0.6) is 0 Å². The summed E-state index contributed by atoms with van der Waals surface area (Å²) in [5.41, 5.74) is 2.33. The van der Waals surface area contributed by atoms with Crippen LogP contribution in [0, 0.1) is 5.82 Å². The maximum atomic E-state index is 11.9.